The molecule has 0 bridgehead atoms. The average Bonchev–Trinajstić information content (AvgIpc) is 2.86. The van der Waals surface area contributed by atoms with Gasteiger partial charge in [-0.15, -0.1) is 0 Å². The highest BCUT2D eigenvalue weighted by molar-refractivity contribution is 7.98. The van der Waals surface area contributed by atoms with Crippen molar-refractivity contribution in [2.45, 2.75) is 12.5 Å². The van der Waals surface area contributed by atoms with Gasteiger partial charge in [0.05, 0.1) is 7.11 Å². The minimum atomic E-state index is -0.699. The van der Waals surface area contributed by atoms with Gasteiger partial charge in [-0.3, -0.25) is 4.79 Å². The minimum Gasteiger partial charge on any atom is -0.467 e. The Morgan fingerprint density at radius 3 is 2.78 bits per heavy atom. The smallest absolute Gasteiger partial charge is 0.328 e. The largest absolute Gasteiger partial charge is 0.467 e. The number of methoxy groups -OCH3 is 1. The zero-order valence-corrected chi connectivity index (χ0v) is 14.1. The molecule has 0 aliphatic heterocycles. The fourth-order valence-electron chi connectivity index (χ4n) is 2.40. The predicted molar refractivity (Wildman–Crippen MR) is 89.1 cm³/mol. The van der Waals surface area contributed by atoms with Gasteiger partial charge in [-0.2, -0.15) is 11.8 Å². The van der Waals surface area contributed by atoms with Crippen molar-refractivity contribution in [3.63, 3.8) is 0 Å². The van der Waals surface area contributed by atoms with Gasteiger partial charge in [0, 0.05) is 18.0 Å². The van der Waals surface area contributed by atoms with Crippen LogP contribution in [0, 0.1) is 5.82 Å². The number of carbonyl (C=O) groups excluding carboxylic acids is 2. The van der Waals surface area contributed by atoms with Gasteiger partial charge < -0.3 is 14.6 Å². The van der Waals surface area contributed by atoms with Gasteiger partial charge in [0.1, 0.15) is 17.6 Å². The molecule has 1 aromatic carbocycles. The highest BCUT2D eigenvalue weighted by atomic mass is 32.2. The van der Waals surface area contributed by atoms with E-state index in [0.29, 0.717) is 17.5 Å². The average molecular weight is 338 g/mol. The van der Waals surface area contributed by atoms with Crippen molar-refractivity contribution in [2.75, 3.05) is 19.1 Å². The molecular weight excluding hydrogens is 319 g/mol. The number of amides is 1. The maximum atomic E-state index is 13.3. The molecule has 124 valence electrons. The van der Waals surface area contributed by atoms with Crippen LogP contribution in [0.4, 0.5) is 4.39 Å². The number of aromatic nitrogens is 1. The van der Waals surface area contributed by atoms with Crippen LogP contribution in [-0.4, -0.2) is 41.6 Å². The number of rotatable bonds is 6. The Morgan fingerprint density at radius 1 is 1.39 bits per heavy atom. The van der Waals surface area contributed by atoms with Crippen LogP contribution in [0.15, 0.2) is 24.3 Å². The number of hydrogen-bond acceptors (Lipinski definition) is 4. The first kappa shape index (κ1) is 17.3. The number of hydrogen-bond donors (Lipinski definition) is 1. The standard InChI is InChI=1S/C16H19FN2O3S/c1-19-13-5-4-11(17)8-10(13)9-14(19)15(20)18-12(6-7-23-3)16(21)22-2/h4-5,8-9,12H,6-7H2,1-3H3,(H,18,20). The summed E-state index contributed by atoms with van der Waals surface area (Å²) in [6.45, 7) is 0. The summed E-state index contributed by atoms with van der Waals surface area (Å²) in [5, 5.41) is 3.33. The van der Waals surface area contributed by atoms with Gasteiger partial charge in [-0.25, -0.2) is 9.18 Å². The van der Waals surface area contributed by atoms with E-state index in [1.165, 1.54) is 19.2 Å². The van der Waals surface area contributed by atoms with Crippen LogP contribution in [0.1, 0.15) is 16.9 Å². The summed E-state index contributed by atoms with van der Waals surface area (Å²) in [6.07, 6.45) is 2.41. The number of carbonyl (C=O) groups is 2. The van der Waals surface area contributed by atoms with Crippen molar-refractivity contribution in [3.8, 4) is 0 Å². The number of esters is 1. The molecule has 1 unspecified atom stereocenters. The first-order chi connectivity index (χ1) is 11.0. The Balaban J connectivity index is 2.25. The number of aryl methyl sites for hydroxylation is 1. The molecule has 1 aromatic heterocycles. The molecule has 5 nitrogen and oxygen atoms in total. The van der Waals surface area contributed by atoms with Gasteiger partial charge in [-0.1, -0.05) is 0 Å². The fourth-order valence-corrected chi connectivity index (χ4v) is 2.87. The quantitative estimate of drug-likeness (QED) is 0.822. The lowest BCUT2D eigenvalue weighted by atomic mass is 10.2. The molecule has 0 aliphatic carbocycles. The summed E-state index contributed by atoms with van der Waals surface area (Å²) in [5.41, 5.74) is 1.11. The number of fused-ring (bicyclic) bond motifs is 1. The van der Waals surface area contributed by atoms with Crippen molar-refractivity contribution in [3.05, 3.63) is 35.8 Å². The summed E-state index contributed by atoms with van der Waals surface area (Å²) >= 11 is 1.58. The second-order valence-corrected chi connectivity index (χ2v) is 6.11. The van der Waals surface area contributed by atoms with E-state index in [9.17, 15) is 14.0 Å². The molecule has 0 fully saturated rings. The first-order valence-electron chi connectivity index (χ1n) is 7.10. The molecule has 1 heterocycles. The van der Waals surface area contributed by atoms with E-state index < -0.39 is 12.0 Å². The molecule has 0 radical (unpaired) electrons. The Kier molecular flexibility index (Phi) is 5.65. The lowest BCUT2D eigenvalue weighted by Gasteiger charge is -2.16. The van der Waals surface area contributed by atoms with Crippen molar-refractivity contribution >= 4 is 34.5 Å². The van der Waals surface area contributed by atoms with E-state index in [1.807, 2.05) is 6.26 Å². The fraction of sp³-hybridized carbons (Fsp3) is 0.375. The minimum absolute atomic E-state index is 0.359. The number of halogens is 1. The second-order valence-electron chi connectivity index (χ2n) is 5.12. The number of ether oxygens (including phenoxy) is 1. The van der Waals surface area contributed by atoms with E-state index in [2.05, 4.69) is 5.32 Å². The molecule has 1 amide bonds. The third kappa shape index (κ3) is 3.85. The molecular formula is C16H19FN2O3S. The van der Waals surface area contributed by atoms with Crippen molar-refractivity contribution in [2.24, 2.45) is 7.05 Å². The monoisotopic (exact) mass is 338 g/mol. The molecule has 23 heavy (non-hydrogen) atoms. The summed E-state index contributed by atoms with van der Waals surface area (Å²) in [4.78, 5) is 24.3. The molecule has 7 heteroatoms. The van der Waals surface area contributed by atoms with Crippen LogP contribution in [-0.2, 0) is 16.6 Å². The van der Waals surface area contributed by atoms with Crippen molar-refractivity contribution in [1.82, 2.24) is 9.88 Å². The lowest BCUT2D eigenvalue weighted by Crippen LogP contribution is -2.42. The summed E-state index contributed by atoms with van der Waals surface area (Å²) in [5.74, 6) is -0.499. The zero-order valence-electron chi connectivity index (χ0n) is 13.3. The van der Waals surface area contributed by atoms with E-state index in [0.717, 1.165) is 11.3 Å². The molecule has 0 spiro atoms. The van der Waals surface area contributed by atoms with Crippen molar-refractivity contribution in [1.29, 1.82) is 0 Å². The topological polar surface area (TPSA) is 60.3 Å². The van der Waals surface area contributed by atoms with Crippen molar-refractivity contribution < 1.29 is 18.7 Å². The van der Waals surface area contributed by atoms with E-state index in [-0.39, 0.29) is 11.7 Å². The highest BCUT2D eigenvalue weighted by Crippen LogP contribution is 2.20. The second kappa shape index (κ2) is 7.50. The van der Waals surface area contributed by atoms with Crippen LogP contribution in [0.3, 0.4) is 0 Å². The molecule has 0 aliphatic rings. The van der Waals surface area contributed by atoms with Gasteiger partial charge in [-0.05, 0) is 42.7 Å². The third-order valence-corrected chi connectivity index (χ3v) is 4.28. The number of thioether (sulfide) groups is 1. The maximum Gasteiger partial charge on any atom is 0.328 e. The van der Waals surface area contributed by atoms with E-state index >= 15 is 0 Å². The Hall–Kier alpha value is -2.02. The zero-order chi connectivity index (χ0) is 17.0. The van der Waals surface area contributed by atoms with Gasteiger partial charge in [0.2, 0.25) is 0 Å². The van der Waals surface area contributed by atoms with Crippen LogP contribution in [0.2, 0.25) is 0 Å². The Bertz CT molecular complexity index is 729. The molecule has 2 aromatic rings. The summed E-state index contributed by atoms with van der Waals surface area (Å²) in [6, 6.07) is 5.25. The van der Waals surface area contributed by atoms with Gasteiger partial charge in [0.15, 0.2) is 0 Å². The van der Waals surface area contributed by atoms with E-state index in [1.54, 1.807) is 35.5 Å². The Morgan fingerprint density at radius 2 is 2.13 bits per heavy atom. The summed E-state index contributed by atoms with van der Waals surface area (Å²) in [7, 11) is 3.02. The molecule has 2 rings (SSSR count). The van der Waals surface area contributed by atoms with Crippen LogP contribution in [0.5, 0.6) is 0 Å². The predicted octanol–water partition coefficient (Wildman–Crippen LogP) is 2.34. The first-order valence-corrected chi connectivity index (χ1v) is 8.50. The lowest BCUT2D eigenvalue weighted by molar-refractivity contribution is -0.142. The molecule has 0 saturated heterocycles. The number of nitrogens with one attached hydrogen (secondary N) is 1. The Labute approximate surface area is 138 Å². The highest BCUT2D eigenvalue weighted by Gasteiger charge is 2.23. The summed E-state index contributed by atoms with van der Waals surface area (Å²) < 4.78 is 19.7. The van der Waals surface area contributed by atoms with E-state index in [4.69, 9.17) is 4.74 Å². The SMILES string of the molecule is COC(=O)C(CCSC)NC(=O)c1cc2cc(F)ccc2n1C. The van der Waals surface area contributed by atoms with Crippen LogP contribution in [0.25, 0.3) is 10.9 Å². The molecule has 1 atom stereocenters. The van der Waals surface area contributed by atoms with Crippen LogP contribution < -0.4 is 5.32 Å². The van der Waals surface area contributed by atoms with Crippen LogP contribution >= 0.6 is 11.8 Å². The third-order valence-electron chi connectivity index (χ3n) is 3.64. The normalized spacial score (nSPS) is 12.2. The molecule has 0 saturated carbocycles. The molecule has 1 N–H and O–H groups in total. The number of benzene rings is 1. The maximum absolute atomic E-state index is 13.3. The number of nitrogens with zero attached hydrogens (tertiary/aromatic N) is 1. The van der Waals surface area contributed by atoms with Gasteiger partial charge in [0.25, 0.3) is 5.91 Å². The van der Waals surface area contributed by atoms with Gasteiger partial charge >= 0.3 is 5.97 Å².